The highest BCUT2D eigenvalue weighted by Gasteiger charge is 2.02. The van der Waals surface area contributed by atoms with Crippen molar-refractivity contribution in [1.29, 1.82) is 0 Å². The molecule has 17 heavy (non-hydrogen) atoms. The number of hydrogen-bond donors (Lipinski definition) is 1. The molecule has 90 valence electrons. The molecular weight excluding hydrogens is 217 g/mol. The molecule has 0 aliphatic heterocycles. The number of benzene rings is 1. The van der Waals surface area contributed by atoms with Crippen molar-refractivity contribution in [3.05, 3.63) is 53.9 Å². The van der Waals surface area contributed by atoms with Crippen LogP contribution in [-0.2, 0) is 13.1 Å². The van der Waals surface area contributed by atoms with E-state index in [1.165, 1.54) is 12.1 Å². The summed E-state index contributed by atoms with van der Waals surface area (Å²) in [6.45, 7) is 4.46. The zero-order valence-corrected chi connectivity index (χ0v) is 9.86. The Bertz CT molecular complexity index is 462. The van der Waals surface area contributed by atoms with Crippen LogP contribution in [0.3, 0.4) is 0 Å². The highest BCUT2D eigenvalue weighted by atomic mass is 19.1. The maximum Gasteiger partial charge on any atom is 0.123 e. The summed E-state index contributed by atoms with van der Waals surface area (Å²) in [6.07, 6.45) is 3.73. The van der Waals surface area contributed by atoms with Crippen molar-refractivity contribution >= 4 is 0 Å². The largest absolute Gasteiger partial charge is 0.329 e. The fourth-order valence-electron chi connectivity index (χ4n) is 1.67. The van der Waals surface area contributed by atoms with Crippen LogP contribution in [0.15, 0.2) is 36.7 Å². The van der Waals surface area contributed by atoms with Gasteiger partial charge in [0.05, 0.1) is 6.54 Å². The quantitative estimate of drug-likeness (QED) is 0.857. The van der Waals surface area contributed by atoms with Gasteiger partial charge in [0.2, 0.25) is 0 Å². The molecule has 0 saturated heterocycles. The Morgan fingerprint density at radius 1 is 1.29 bits per heavy atom. The number of nitrogens with one attached hydrogen (secondary N) is 1. The average Bonchev–Trinajstić information content (AvgIpc) is 2.77. The van der Waals surface area contributed by atoms with E-state index in [0.717, 1.165) is 31.0 Å². The van der Waals surface area contributed by atoms with E-state index in [1.54, 1.807) is 18.3 Å². The van der Waals surface area contributed by atoms with E-state index in [4.69, 9.17) is 0 Å². The second kappa shape index (κ2) is 5.59. The molecule has 0 unspecified atom stereocenters. The molecule has 2 rings (SSSR count). The van der Waals surface area contributed by atoms with Crippen molar-refractivity contribution in [2.45, 2.75) is 20.0 Å². The zero-order valence-electron chi connectivity index (χ0n) is 9.86. The number of halogens is 1. The molecule has 1 N–H and O–H groups in total. The van der Waals surface area contributed by atoms with Gasteiger partial charge in [-0.2, -0.15) is 0 Å². The Kier molecular flexibility index (Phi) is 3.88. The molecule has 1 aromatic heterocycles. The van der Waals surface area contributed by atoms with Crippen molar-refractivity contribution < 1.29 is 4.39 Å². The lowest BCUT2D eigenvalue weighted by molar-refractivity contribution is 0.622. The number of aromatic nitrogens is 2. The molecule has 4 heteroatoms. The van der Waals surface area contributed by atoms with Gasteiger partial charge in [0.25, 0.3) is 0 Å². The van der Waals surface area contributed by atoms with Gasteiger partial charge in [-0.15, -0.1) is 0 Å². The summed E-state index contributed by atoms with van der Waals surface area (Å²) < 4.78 is 14.8. The van der Waals surface area contributed by atoms with Crippen LogP contribution < -0.4 is 5.32 Å². The van der Waals surface area contributed by atoms with E-state index < -0.39 is 0 Å². The predicted octanol–water partition coefficient (Wildman–Crippen LogP) is 2.18. The van der Waals surface area contributed by atoms with Gasteiger partial charge < -0.3 is 9.88 Å². The molecule has 2 aromatic rings. The SMILES string of the molecule is CCNCc1nccn1Cc1ccc(F)cc1. The highest BCUT2D eigenvalue weighted by molar-refractivity contribution is 5.17. The van der Waals surface area contributed by atoms with Crippen molar-refractivity contribution in [2.24, 2.45) is 0 Å². The van der Waals surface area contributed by atoms with Crippen LogP contribution >= 0.6 is 0 Å². The molecule has 3 nitrogen and oxygen atoms in total. The lowest BCUT2D eigenvalue weighted by Gasteiger charge is -2.08. The van der Waals surface area contributed by atoms with Gasteiger partial charge in [0, 0.05) is 18.9 Å². The second-order valence-electron chi connectivity index (χ2n) is 3.88. The third-order valence-electron chi connectivity index (χ3n) is 2.60. The van der Waals surface area contributed by atoms with Gasteiger partial charge in [-0.25, -0.2) is 9.37 Å². The Balaban J connectivity index is 2.07. The third kappa shape index (κ3) is 3.14. The predicted molar refractivity (Wildman–Crippen MR) is 65.1 cm³/mol. The first kappa shape index (κ1) is 11.8. The smallest absolute Gasteiger partial charge is 0.123 e. The molecular formula is C13H16FN3. The summed E-state index contributed by atoms with van der Waals surface area (Å²) >= 11 is 0. The summed E-state index contributed by atoms with van der Waals surface area (Å²) in [5, 5.41) is 3.24. The fraction of sp³-hybridized carbons (Fsp3) is 0.308. The molecule has 0 radical (unpaired) electrons. The van der Waals surface area contributed by atoms with Crippen LogP contribution in [0.5, 0.6) is 0 Å². The molecule has 0 atom stereocenters. The summed E-state index contributed by atoms with van der Waals surface area (Å²) in [4.78, 5) is 4.29. The maximum absolute atomic E-state index is 12.8. The molecule has 0 bridgehead atoms. The first-order valence-corrected chi connectivity index (χ1v) is 5.74. The van der Waals surface area contributed by atoms with E-state index in [2.05, 4.69) is 21.8 Å². The normalized spacial score (nSPS) is 10.7. The summed E-state index contributed by atoms with van der Waals surface area (Å²) in [7, 11) is 0. The van der Waals surface area contributed by atoms with Gasteiger partial charge in [-0.3, -0.25) is 0 Å². The van der Waals surface area contributed by atoms with Crippen LogP contribution in [-0.4, -0.2) is 16.1 Å². The van der Waals surface area contributed by atoms with E-state index in [0.29, 0.717) is 0 Å². The number of hydrogen-bond acceptors (Lipinski definition) is 2. The Morgan fingerprint density at radius 3 is 2.76 bits per heavy atom. The standard InChI is InChI=1S/C13H16FN3/c1-2-15-9-13-16-7-8-17(13)10-11-3-5-12(14)6-4-11/h3-8,15H,2,9-10H2,1H3. The number of imidazole rings is 1. The monoisotopic (exact) mass is 233 g/mol. The van der Waals surface area contributed by atoms with E-state index in [-0.39, 0.29) is 5.82 Å². The topological polar surface area (TPSA) is 29.9 Å². The Labute approximate surface area is 100 Å². The van der Waals surface area contributed by atoms with Gasteiger partial charge in [0.1, 0.15) is 11.6 Å². The minimum Gasteiger partial charge on any atom is -0.329 e. The van der Waals surface area contributed by atoms with E-state index >= 15 is 0 Å². The van der Waals surface area contributed by atoms with Crippen molar-refractivity contribution in [2.75, 3.05) is 6.54 Å². The molecule has 1 heterocycles. The van der Waals surface area contributed by atoms with Crippen LogP contribution in [0.25, 0.3) is 0 Å². The van der Waals surface area contributed by atoms with Crippen molar-refractivity contribution in [1.82, 2.24) is 14.9 Å². The number of nitrogens with zero attached hydrogens (tertiary/aromatic N) is 2. The lowest BCUT2D eigenvalue weighted by atomic mass is 10.2. The maximum atomic E-state index is 12.8. The van der Waals surface area contributed by atoms with Crippen molar-refractivity contribution in [3.8, 4) is 0 Å². The van der Waals surface area contributed by atoms with Crippen molar-refractivity contribution in [3.63, 3.8) is 0 Å². The minimum absolute atomic E-state index is 0.202. The summed E-state index contributed by atoms with van der Waals surface area (Å²) in [5.41, 5.74) is 1.07. The minimum atomic E-state index is -0.202. The first-order valence-electron chi connectivity index (χ1n) is 5.74. The van der Waals surface area contributed by atoms with Gasteiger partial charge >= 0.3 is 0 Å². The molecule has 0 amide bonds. The molecule has 0 aliphatic carbocycles. The zero-order chi connectivity index (χ0) is 12.1. The van der Waals surface area contributed by atoms with E-state index in [9.17, 15) is 4.39 Å². The van der Waals surface area contributed by atoms with Crippen LogP contribution in [0.2, 0.25) is 0 Å². The van der Waals surface area contributed by atoms with Crippen LogP contribution in [0.1, 0.15) is 18.3 Å². The van der Waals surface area contributed by atoms with Gasteiger partial charge in [-0.05, 0) is 24.2 Å². The fourth-order valence-corrected chi connectivity index (χ4v) is 1.67. The molecule has 0 saturated carbocycles. The summed E-state index contributed by atoms with van der Waals surface area (Å²) in [5.74, 6) is 0.795. The lowest BCUT2D eigenvalue weighted by Crippen LogP contribution is -2.16. The average molecular weight is 233 g/mol. The second-order valence-corrected chi connectivity index (χ2v) is 3.88. The Hall–Kier alpha value is -1.68. The molecule has 1 aromatic carbocycles. The highest BCUT2D eigenvalue weighted by Crippen LogP contribution is 2.07. The van der Waals surface area contributed by atoms with Gasteiger partial charge in [0.15, 0.2) is 0 Å². The van der Waals surface area contributed by atoms with E-state index in [1.807, 2.05) is 6.20 Å². The Morgan fingerprint density at radius 2 is 2.06 bits per heavy atom. The van der Waals surface area contributed by atoms with Crippen LogP contribution in [0.4, 0.5) is 4.39 Å². The third-order valence-corrected chi connectivity index (χ3v) is 2.60. The van der Waals surface area contributed by atoms with Gasteiger partial charge in [-0.1, -0.05) is 19.1 Å². The van der Waals surface area contributed by atoms with Crippen LogP contribution in [0, 0.1) is 5.82 Å². The molecule has 0 spiro atoms. The summed E-state index contributed by atoms with van der Waals surface area (Å²) in [6, 6.07) is 6.56. The molecule has 0 aliphatic rings. The first-order chi connectivity index (χ1) is 8.29. The molecule has 0 fully saturated rings. The number of rotatable bonds is 5.